The lowest BCUT2D eigenvalue weighted by Crippen LogP contribution is -2.40. The summed E-state index contributed by atoms with van der Waals surface area (Å²) in [5.41, 5.74) is -0.402. The van der Waals surface area contributed by atoms with E-state index in [0.29, 0.717) is 10.9 Å². The quantitative estimate of drug-likeness (QED) is 0.584. The molecule has 0 spiro atoms. The number of carbonyl (C=O) groups is 1. The van der Waals surface area contributed by atoms with E-state index in [2.05, 4.69) is 4.99 Å². The van der Waals surface area contributed by atoms with Gasteiger partial charge in [-0.1, -0.05) is 36.6 Å². The highest BCUT2D eigenvalue weighted by Crippen LogP contribution is 2.39. The lowest BCUT2D eigenvalue weighted by Gasteiger charge is -2.28. The third-order valence-corrected chi connectivity index (χ3v) is 3.84. The van der Waals surface area contributed by atoms with E-state index >= 15 is 0 Å². The molecule has 0 aliphatic heterocycles. The first kappa shape index (κ1) is 17.0. The number of benzene rings is 1. The van der Waals surface area contributed by atoms with Gasteiger partial charge >= 0.3 is 5.97 Å². The Hall–Kier alpha value is -1.35. The number of nitrogens with zero attached hydrogens (tertiary/aromatic N) is 1. The van der Waals surface area contributed by atoms with Crippen LogP contribution in [0.15, 0.2) is 29.3 Å². The third kappa shape index (κ3) is 5.13. The van der Waals surface area contributed by atoms with Crippen LogP contribution in [0.1, 0.15) is 52.5 Å². The molecule has 4 heteroatoms. The number of carbonyl (C=O) groups excluding carboxylic acids is 1. The van der Waals surface area contributed by atoms with Crippen LogP contribution < -0.4 is 0 Å². The summed E-state index contributed by atoms with van der Waals surface area (Å²) in [6.07, 6.45) is 4.83. The first-order valence-corrected chi connectivity index (χ1v) is 8.10. The van der Waals surface area contributed by atoms with E-state index in [9.17, 15) is 4.79 Å². The Bertz CT molecular complexity index is 555. The summed E-state index contributed by atoms with van der Waals surface area (Å²) in [6, 6.07) is 7.40. The number of halogens is 1. The minimum atomic E-state index is -0.825. The van der Waals surface area contributed by atoms with Gasteiger partial charge in [-0.15, -0.1) is 0 Å². The van der Waals surface area contributed by atoms with Crippen molar-refractivity contribution in [1.82, 2.24) is 0 Å². The molecule has 1 atom stereocenters. The number of hydrogen-bond acceptors (Lipinski definition) is 3. The monoisotopic (exact) mass is 321 g/mol. The van der Waals surface area contributed by atoms with Crippen LogP contribution in [0.2, 0.25) is 5.02 Å². The molecule has 0 N–H and O–H groups in total. The Kier molecular flexibility index (Phi) is 4.96. The zero-order valence-electron chi connectivity index (χ0n) is 13.7. The van der Waals surface area contributed by atoms with Crippen molar-refractivity contribution in [3.8, 4) is 0 Å². The summed E-state index contributed by atoms with van der Waals surface area (Å²) < 4.78 is 5.57. The van der Waals surface area contributed by atoms with Crippen molar-refractivity contribution in [1.29, 1.82) is 0 Å². The van der Waals surface area contributed by atoms with Crippen molar-refractivity contribution in [3.63, 3.8) is 0 Å². The molecule has 2 rings (SSSR count). The fourth-order valence-electron chi connectivity index (χ4n) is 2.23. The van der Waals surface area contributed by atoms with Gasteiger partial charge in [-0.3, -0.25) is 4.99 Å². The lowest BCUT2D eigenvalue weighted by atomic mass is 9.95. The van der Waals surface area contributed by atoms with Crippen LogP contribution in [0.4, 0.5) is 0 Å². The highest BCUT2D eigenvalue weighted by Gasteiger charge is 2.41. The molecule has 1 aromatic carbocycles. The van der Waals surface area contributed by atoms with E-state index in [1.54, 1.807) is 6.21 Å². The molecule has 0 aromatic heterocycles. The van der Waals surface area contributed by atoms with Crippen molar-refractivity contribution in [2.24, 2.45) is 10.9 Å². The average Bonchev–Trinajstić information content (AvgIpc) is 3.20. The summed E-state index contributed by atoms with van der Waals surface area (Å²) in [5, 5.41) is 0.685. The highest BCUT2D eigenvalue weighted by atomic mass is 35.5. The molecule has 3 nitrogen and oxygen atoms in total. The van der Waals surface area contributed by atoms with Crippen LogP contribution in [-0.2, 0) is 9.53 Å². The number of rotatable bonds is 5. The minimum absolute atomic E-state index is 0.253. The van der Waals surface area contributed by atoms with Crippen LogP contribution in [0.5, 0.6) is 0 Å². The Labute approximate surface area is 137 Å². The van der Waals surface area contributed by atoms with Gasteiger partial charge in [-0.2, -0.15) is 0 Å². The molecule has 1 aliphatic rings. The zero-order chi connectivity index (χ0) is 16.4. The van der Waals surface area contributed by atoms with Gasteiger partial charge in [-0.25, -0.2) is 4.79 Å². The molecule has 0 radical (unpaired) electrons. The largest absolute Gasteiger partial charge is 0.458 e. The number of ether oxygens (including phenoxy) is 1. The molecule has 1 fully saturated rings. The molecule has 22 heavy (non-hydrogen) atoms. The third-order valence-electron chi connectivity index (χ3n) is 3.59. The van der Waals surface area contributed by atoms with Gasteiger partial charge in [0.15, 0.2) is 5.54 Å². The van der Waals surface area contributed by atoms with Crippen LogP contribution in [-0.4, -0.2) is 23.3 Å². The molecular weight excluding hydrogens is 298 g/mol. The first-order chi connectivity index (χ1) is 10.2. The van der Waals surface area contributed by atoms with Crippen LogP contribution in [0.3, 0.4) is 0 Å². The van der Waals surface area contributed by atoms with Gasteiger partial charge in [0, 0.05) is 11.2 Å². The molecule has 0 saturated heterocycles. The van der Waals surface area contributed by atoms with Gasteiger partial charge in [0.1, 0.15) is 5.60 Å². The van der Waals surface area contributed by atoms with Gasteiger partial charge in [0.25, 0.3) is 0 Å². The SMILES string of the molecule is CC(C)(C)OC(=O)[C@@](C)(CC1CC1)N=Cc1ccc(Cl)cc1. The summed E-state index contributed by atoms with van der Waals surface area (Å²) in [6.45, 7) is 7.51. The van der Waals surface area contributed by atoms with Crippen molar-refractivity contribution in [2.75, 3.05) is 0 Å². The second-order valence-electron chi connectivity index (χ2n) is 7.23. The molecule has 1 saturated carbocycles. The number of esters is 1. The maximum absolute atomic E-state index is 12.6. The van der Waals surface area contributed by atoms with E-state index < -0.39 is 11.1 Å². The van der Waals surface area contributed by atoms with Crippen molar-refractivity contribution in [3.05, 3.63) is 34.9 Å². The summed E-state index contributed by atoms with van der Waals surface area (Å²) in [5.74, 6) is 0.331. The normalized spacial score (nSPS) is 18.2. The second kappa shape index (κ2) is 6.41. The van der Waals surface area contributed by atoms with Crippen LogP contribution >= 0.6 is 11.6 Å². The Morgan fingerprint density at radius 3 is 2.36 bits per heavy atom. The van der Waals surface area contributed by atoms with E-state index in [1.165, 1.54) is 12.8 Å². The number of aliphatic imine (C=N–C) groups is 1. The highest BCUT2D eigenvalue weighted by molar-refractivity contribution is 6.30. The molecule has 120 valence electrons. The van der Waals surface area contributed by atoms with E-state index in [0.717, 1.165) is 12.0 Å². The van der Waals surface area contributed by atoms with E-state index in [4.69, 9.17) is 16.3 Å². The predicted octanol–water partition coefficient (Wildman–Crippen LogP) is 4.66. The van der Waals surface area contributed by atoms with Gasteiger partial charge in [0.2, 0.25) is 0 Å². The molecular formula is C18H24ClNO2. The molecule has 1 aromatic rings. The number of hydrogen-bond donors (Lipinski definition) is 0. The van der Waals surface area contributed by atoms with Crippen LogP contribution in [0.25, 0.3) is 0 Å². The smallest absolute Gasteiger partial charge is 0.334 e. The summed E-state index contributed by atoms with van der Waals surface area (Å²) >= 11 is 5.88. The Morgan fingerprint density at radius 1 is 1.27 bits per heavy atom. The molecule has 0 amide bonds. The second-order valence-corrected chi connectivity index (χ2v) is 7.67. The molecule has 0 heterocycles. The predicted molar refractivity (Wildman–Crippen MR) is 90.6 cm³/mol. The fourth-order valence-corrected chi connectivity index (χ4v) is 2.35. The fraction of sp³-hybridized carbons (Fsp3) is 0.556. The molecule has 1 aliphatic carbocycles. The molecule has 0 unspecified atom stereocenters. The first-order valence-electron chi connectivity index (χ1n) is 7.72. The lowest BCUT2D eigenvalue weighted by molar-refractivity contribution is -0.161. The minimum Gasteiger partial charge on any atom is -0.458 e. The Balaban J connectivity index is 2.16. The van der Waals surface area contributed by atoms with Gasteiger partial charge < -0.3 is 4.74 Å². The summed E-state index contributed by atoms with van der Waals surface area (Å²) in [4.78, 5) is 17.1. The van der Waals surface area contributed by atoms with Crippen molar-refractivity contribution in [2.45, 2.75) is 58.1 Å². The van der Waals surface area contributed by atoms with Crippen LogP contribution in [0, 0.1) is 5.92 Å². The topological polar surface area (TPSA) is 38.7 Å². The summed E-state index contributed by atoms with van der Waals surface area (Å²) in [7, 11) is 0. The average molecular weight is 322 g/mol. The van der Waals surface area contributed by atoms with Gasteiger partial charge in [-0.05, 0) is 57.7 Å². The zero-order valence-corrected chi connectivity index (χ0v) is 14.5. The van der Waals surface area contributed by atoms with Crippen molar-refractivity contribution < 1.29 is 9.53 Å². The van der Waals surface area contributed by atoms with E-state index in [1.807, 2.05) is 52.0 Å². The van der Waals surface area contributed by atoms with Gasteiger partial charge in [0.05, 0.1) is 0 Å². The van der Waals surface area contributed by atoms with Crippen molar-refractivity contribution >= 4 is 23.8 Å². The molecule has 0 bridgehead atoms. The maximum Gasteiger partial charge on any atom is 0.334 e. The maximum atomic E-state index is 12.6. The Morgan fingerprint density at radius 2 is 1.86 bits per heavy atom. The van der Waals surface area contributed by atoms with E-state index in [-0.39, 0.29) is 5.97 Å². The standard InChI is InChI=1S/C18H24ClNO2/c1-17(2,3)22-16(21)18(4,11-13-5-6-13)20-12-14-7-9-15(19)10-8-14/h7-10,12-13H,5-6,11H2,1-4H3/t18-/m1/s1.